The first-order valence-corrected chi connectivity index (χ1v) is 13.7. The summed E-state index contributed by atoms with van der Waals surface area (Å²) >= 11 is 0. The van der Waals surface area contributed by atoms with Crippen LogP contribution >= 0.6 is 0 Å². The van der Waals surface area contributed by atoms with Crippen molar-refractivity contribution in [2.75, 3.05) is 50.9 Å². The maximum Gasteiger partial charge on any atom is 0.271 e. The Morgan fingerprint density at radius 1 is 0.944 bits per heavy atom. The first-order valence-electron chi connectivity index (χ1n) is 12.3. The highest BCUT2D eigenvalue weighted by Gasteiger charge is 2.31. The highest BCUT2D eigenvalue weighted by Crippen LogP contribution is 2.27. The average molecular weight is 514 g/mol. The number of nitrogens with one attached hydrogen (secondary N) is 1. The highest BCUT2D eigenvalue weighted by molar-refractivity contribution is 7.89. The first kappa shape index (κ1) is 24.9. The number of amides is 1. The Morgan fingerprint density at radius 2 is 1.64 bits per heavy atom. The lowest BCUT2D eigenvalue weighted by Gasteiger charge is -2.28. The van der Waals surface area contributed by atoms with Crippen LogP contribution in [0.4, 0.5) is 5.69 Å². The van der Waals surface area contributed by atoms with Gasteiger partial charge in [-0.2, -0.15) is 4.31 Å². The van der Waals surface area contributed by atoms with Crippen molar-refractivity contribution >= 4 is 21.6 Å². The third-order valence-corrected chi connectivity index (χ3v) is 8.50. The number of hydrogen-bond acceptors (Lipinski definition) is 7. The van der Waals surface area contributed by atoms with Crippen LogP contribution in [0.15, 0.2) is 65.1 Å². The maximum absolute atomic E-state index is 13.2. The molecule has 9 nitrogen and oxygen atoms in total. The predicted molar refractivity (Wildman–Crippen MR) is 135 cm³/mol. The Kier molecular flexibility index (Phi) is 7.68. The number of hydroxylamine groups is 1. The summed E-state index contributed by atoms with van der Waals surface area (Å²) < 4.78 is 38.5. The molecule has 0 radical (unpaired) electrons. The van der Waals surface area contributed by atoms with Crippen molar-refractivity contribution in [3.63, 3.8) is 0 Å². The molecule has 0 aliphatic carbocycles. The van der Waals surface area contributed by atoms with E-state index in [9.17, 15) is 13.2 Å². The molecule has 2 fully saturated rings. The fourth-order valence-corrected chi connectivity index (χ4v) is 5.88. The van der Waals surface area contributed by atoms with Gasteiger partial charge in [-0.3, -0.25) is 4.79 Å². The molecule has 10 heteroatoms. The standard InChI is InChI=1S/C26H31N3O6S/c30-26(27-35-25-3-1-2-16-34-25)22-12-13-29(19-22)36(31,32)24-10-6-21(7-11-24)20-4-8-23(9-5-20)28-14-17-33-18-15-28/h4-12,25H,1-3,13-19H2,(H,27,30). The molecule has 1 atom stereocenters. The van der Waals surface area contributed by atoms with E-state index in [1.54, 1.807) is 18.2 Å². The summed E-state index contributed by atoms with van der Waals surface area (Å²) in [6.07, 6.45) is 3.83. The summed E-state index contributed by atoms with van der Waals surface area (Å²) in [5, 5.41) is 0. The average Bonchev–Trinajstić information content (AvgIpc) is 3.45. The summed E-state index contributed by atoms with van der Waals surface area (Å²) in [6, 6.07) is 15.1. The highest BCUT2D eigenvalue weighted by atomic mass is 32.2. The number of carbonyl (C=O) groups is 1. The molecule has 0 saturated carbocycles. The molecule has 1 N–H and O–H groups in total. The molecule has 2 saturated heterocycles. The van der Waals surface area contributed by atoms with Crippen LogP contribution < -0.4 is 10.4 Å². The number of ether oxygens (including phenoxy) is 2. The Bertz CT molecular complexity index is 1190. The molecule has 2 aromatic rings. The number of sulfonamides is 1. The fourth-order valence-electron chi connectivity index (χ4n) is 4.52. The van der Waals surface area contributed by atoms with Gasteiger partial charge in [0.25, 0.3) is 5.91 Å². The van der Waals surface area contributed by atoms with Crippen molar-refractivity contribution in [3.8, 4) is 11.1 Å². The van der Waals surface area contributed by atoms with Crippen LogP contribution in [0, 0.1) is 0 Å². The van der Waals surface area contributed by atoms with E-state index < -0.39 is 22.2 Å². The Morgan fingerprint density at radius 3 is 2.31 bits per heavy atom. The zero-order valence-corrected chi connectivity index (χ0v) is 20.9. The van der Waals surface area contributed by atoms with E-state index in [4.69, 9.17) is 14.3 Å². The van der Waals surface area contributed by atoms with Crippen LogP contribution in [0.1, 0.15) is 19.3 Å². The second kappa shape index (κ2) is 11.1. The minimum Gasteiger partial charge on any atom is -0.378 e. The van der Waals surface area contributed by atoms with Crippen molar-refractivity contribution in [1.82, 2.24) is 9.79 Å². The second-order valence-corrected chi connectivity index (χ2v) is 11.0. The molecule has 1 amide bonds. The Balaban J connectivity index is 1.18. The number of benzene rings is 2. The lowest BCUT2D eigenvalue weighted by molar-refractivity contribution is -0.198. The lowest BCUT2D eigenvalue weighted by Crippen LogP contribution is -2.36. The van der Waals surface area contributed by atoms with E-state index in [-0.39, 0.29) is 18.0 Å². The van der Waals surface area contributed by atoms with Gasteiger partial charge in [0.1, 0.15) is 0 Å². The quantitative estimate of drug-likeness (QED) is 0.569. The van der Waals surface area contributed by atoms with E-state index in [0.29, 0.717) is 18.6 Å². The normalized spacial score (nSPS) is 21.3. The largest absolute Gasteiger partial charge is 0.378 e. The van der Waals surface area contributed by atoms with Gasteiger partial charge >= 0.3 is 0 Å². The van der Waals surface area contributed by atoms with Crippen molar-refractivity contribution in [1.29, 1.82) is 0 Å². The lowest BCUT2D eigenvalue weighted by atomic mass is 10.1. The van der Waals surface area contributed by atoms with E-state index in [1.807, 2.05) is 24.3 Å². The van der Waals surface area contributed by atoms with Crippen molar-refractivity contribution in [2.24, 2.45) is 0 Å². The van der Waals surface area contributed by atoms with Gasteiger partial charge in [-0.25, -0.2) is 18.7 Å². The Hall–Kier alpha value is -2.76. The molecular weight excluding hydrogens is 482 g/mol. The van der Waals surface area contributed by atoms with Gasteiger partial charge in [-0.05, 0) is 48.2 Å². The minimum absolute atomic E-state index is 0.00615. The maximum atomic E-state index is 13.2. The zero-order valence-electron chi connectivity index (χ0n) is 20.1. The molecule has 192 valence electrons. The molecule has 0 aromatic heterocycles. The second-order valence-electron chi connectivity index (χ2n) is 9.04. The molecular formula is C26H31N3O6S. The van der Waals surface area contributed by atoms with E-state index in [2.05, 4.69) is 22.5 Å². The molecule has 2 aromatic carbocycles. The van der Waals surface area contributed by atoms with Crippen LogP contribution in [0.5, 0.6) is 0 Å². The van der Waals surface area contributed by atoms with Gasteiger partial charge in [0.15, 0.2) is 6.29 Å². The van der Waals surface area contributed by atoms with E-state index in [1.165, 1.54) is 4.31 Å². The van der Waals surface area contributed by atoms with E-state index >= 15 is 0 Å². The summed E-state index contributed by atoms with van der Waals surface area (Å²) in [5.41, 5.74) is 5.85. The van der Waals surface area contributed by atoms with Gasteiger partial charge < -0.3 is 14.4 Å². The van der Waals surface area contributed by atoms with Gasteiger partial charge in [0.05, 0.1) is 18.1 Å². The number of rotatable bonds is 7. The minimum atomic E-state index is -3.74. The molecule has 0 spiro atoms. The van der Waals surface area contributed by atoms with Gasteiger partial charge in [0, 0.05) is 50.5 Å². The fraction of sp³-hybridized carbons (Fsp3) is 0.423. The molecule has 36 heavy (non-hydrogen) atoms. The van der Waals surface area contributed by atoms with Crippen LogP contribution in [-0.2, 0) is 29.1 Å². The van der Waals surface area contributed by atoms with Crippen molar-refractivity contribution in [2.45, 2.75) is 30.4 Å². The van der Waals surface area contributed by atoms with Crippen LogP contribution in [0.25, 0.3) is 11.1 Å². The number of carbonyl (C=O) groups excluding carboxylic acids is 1. The number of nitrogens with zero attached hydrogens (tertiary/aromatic N) is 2. The van der Waals surface area contributed by atoms with Crippen LogP contribution in [0.2, 0.25) is 0 Å². The van der Waals surface area contributed by atoms with Crippen LogP contribution in [-0.4, -0.2) is 70.9 Å². The summed E-state index contributed by atoms with van der Waals surface area (Å²) in [6.45, 7) is 3.96. The predicted octanol–water partition coefficient (Wildman–Crippen LogP) is 2.70. The third kappa shape index (κ3) is 5.63. The Labute approximate surface area is 211 Å². The topological polar surface area (TPSA) is 97.4 Å². The SMILES string of the molecule is O=C(NOC1CCCCO1)C1=CCN(S(=O)(=O)c2ccc(-c3ccc(N4CCOCC4)cc3)cc2)C1. The zero-order chi connectivity index (χ0) is 25.0. The molecule has 3 heterocycles. The van der Waals surface area contributed by atoms with Crippen molar-refractivity contribution < 1.29 is 27.5 Å². The third-order valence-electron chi connectivity index (χ3n) is 6.67. The monoisotopic (exact) mass is 513 g/mol. The molecule has 1 unspecified atom stereocenters. The number of anilines is 1. The molecule has 0 bridgehead atoms. The summed E-state index contributed by atoms with van der Waals surface area (Å²) in [7, 11) is -3.74. The van der Waals surface area contributed by atoms with Gasteiger partial charge in [-0.15, -0.1) is 0 Å². The van der Waals surface area contributed by atoms with E-state index in [0.717, 1.165) is 56.0 Å². The van der Waals surface area contributed by atoms with Crippen LogP contribution in [0.3, 0.4) is 0 Å². The first-order chi connectivity index (χ1) is 17.5. The molecule has 5 rings (SSSR count). The smallest absolute Gasteiger partial charge is 0.271 e. The number of morpholine rings is 1. The summed E-state index contributed by atoms with van der Waals surface area (Å²) in [4.78, 5) is 20.2. The van der Waals surface area contributed by atoms with Crippen molar-refractivity contribution in [3.05, 3.63) is 60.2 Å². The molecule has 3 aliphatic rings. The van der Waals surface area contributed by atoms with Gasteiger partial charge in [0.2, 0.25) is 10.0 Å². The van der Waals surface area contributed by atoms with Gasteiger partial charge in [-0.1, -0.05) is 30.3 Å². The summed E-state index contributed by atoms with van der Waals surface area (Å²) in [5.74, 6) is -0.447. The number of hydrogen-bond donors (Lipinski definition) is 1. The molecule has 3 aliphatic heterocycles.